The SMILES string of the molecule is CCc1ccc(Nc2ncnc(N3CCCCC3CC)c2N)cc1. The molecule has 5 heteroatoms. The van der Waals surface area contributed by atoms with Crippen LogP contribution in [0.15, 0.2) is 30.6 Å². The van der Waals surface area contributed by atoms with E-state index in [0.29, 0.717) is 17.5 Å². The number of nitrogens with one attached hydrogen (secondary N) is 1. The first-order valence-corrected chi connectivity index (χ1v) is 8.96. The third-order valence-corrected chi connectivity index (χ3v) is 4.86. The van der Waals surface area contributed by atoms with E-state index in [9.17, 15) is 0 Å². The topological polar surface area (TPSA) is 67.1 Å². The molecule has 1 fully saturated rings. The van der Waals surface area contributed by atoms with Crippen molar-refractivity contribution in [3.05, 3.63) is 36.2 Å². The Bertz CT molecular complexity index is 668. The van der Waals surface area contributed by atoms with Crippen LogP contribution in [0.5, 0.6) is 0 Å². The van der Waals surface area contributed by atoms with Crippen LogP contribution in [0.25, 0.3) is 0 Å². The summed E-state index contributed by atoms with van der Waals surface area (Å²) >= 11 is 0. The van der Waals surface area contributed by atoms with Gasteiger partial charge in [0.2, 0.25) is 0 Å². The van der Waals surface area contributed by atoms with Crippen molar-refractivity contribution < 1.29 is 0 Å². The maximum Gasteiger partial charge on any atom is 0.159 e. The molecule has 2 aromatic rings. The van der Waals surface area contributed by atoms with Gasteiger partial charge in [-0.3, -0.25) is 0 Å². The van der Waals surface area contributed by atoms with Crippen LogP contribution < -0.4 is 16.0 Å². The fourth-order valence-corrected chi connectivity index (χ4v) is 3.38. The first kappa shape index (κ1) is 16.6. The molecule has 3 N–H and O–H groups in total. The molecule has 24 heavy (non-hydrogen) atoms. The van der Waals surface area contributed by atoms with E-state index in [2.05, 4.69) is 58.3 Å². The van der Waals surface area contributed by atoms with Crippen molar-refractivity contribution in [2.24, 2.45) is 0 Å². The molecule has 0 saturated carbocycles. The van der Waals surface area contributed by atoms with Gasteiger partial charge in [-0.05, 0) is 49.8 Å². The summed E-state index contributed by atoms with van der Waals surface area (Å²) in [6.07, 6.45) is 7.45. The number of nitrogens with zero attached hydrogens (tertiary/aromatic N) is 3. The van der Waals surface area contributed by atoms with Crippen LogP contribution in [0.3, 0.4) is 0 Å². The zero-order valence-electron chi connectivity index (χ0n) is 14.6. The third-order valence-electron chi connectivity index (χ3n) is 4.86. The highest BCUT2D eigenvalue weighted by Gasteiger charge is 2.24. The van der Waals surface area contributed by atoms with Crippen LogP contribution in [0.2, 0.25) is 0 Å². The second kappa shape index (κ2) is 7.51. The summed E-state index contributed by atoms with van der Waals surface area (Å²) in [6.45, 7) is 5.40. The molecule has 0 bridgehead atoms. The molecule has 0 aliphatic carbocycles. The summed E-state index contributed by atoms with van der Waals surface area (Å²) in [7, 11) is 0. The largest absolute Gasteiger partial charge is 0.393 e. The highest BCUT2D eigenvalue weighted by molar-refractivity contribution is 5.78. The van der Waals surface area contributed by atoms with Gasteiger partial charge in [0.1, 0.15) is 12.0 Å². The number of anilines is 4. The molecule has 1 unspecified atom stereocenters. The Hall–Kier alpha value is -2.30. The molecule has 0 spiro atoms. The molecular weight excluding hydrogens is 298 g/mol. The van der Waals surface area contributed by atoms with E-state index < -0.39 is 0 Å². The summed E-state index contributed by atoms with van der Waals surface area (Å²) in [5.41, 5.74) is 9.35. The Morgan fingerprint density at radius 3 is 2.67 bits per heavy atom. The van der Waals surface area contributed by atoms with E-state index in [0.717, 1.165) is 30.9 Å². The molecule has 1 saturated heterocycles. The standard InChI is InChI=1S/C19H27N5/c1-3-14-8-10-15(11-9-14)23-18-17(20)19(22-13-21-18)24-12-6-5-7-16(24)4-2/h8-11,13,16H,3-7,12,20H2,1-2H3,(H,21,22,23). The quantitative estimate of drug-likeness (QED) is 0.865. The van der Waals surface area contributed by atoms with Gasteiger partial charge in [0.15, 0.2) is 11.6 Å². The van der Waals surface area contributed by atoms with Crippen LogP contribution in [0.1, 0.15) is 45.1 Å². The van der Waals surface area contributed by atoms with E-state index >= 15 is 0 Å². The lowest BCUT2D eigenvalue weighted by Crippen LogP contribution is -2.40. The average molecular weight is 325 g/mol. The molecule has 1 aromatic carbocycles. The zero-order valence-corrected chi connectivity index (χ0v) is 14.6. The Labute approximate surface area is 144 Å². The van der Waals surface area contributed by atoms with Crippen molar-refractivity contribution >= 4 is 23.0 Å². The number of aryl methyl sites for hydroxylation is 1. The number of hydrogen-bond acceptors (Lipinski definition) is 5. The molecule has 5 nitrogen and oxygen atoms in total. The number of hydrogen-bond donors (Lipinski definition) is 2. The van der Waals surface area contributed by atoms with Gasteiger partial charge in [0.05, 0.1) is 0 Å². The number of piperidine rings is 1. The maximum atomic E-state index is 6.41. The van der Waals surface area contributed by atoms with Crippen LogP contribution in [0, 0.1) is 0 Å². The predicted octanol–water partition coefficient (Wildman–Crippen LogP) is 4.13. The summed E-state index contributed by atoms with van der Waals surface area (Å²) in [6, 6.07) is 8.90. The number of benzene rings is 1. The molecule has 1 aromatic heterocycles. The lowest BCUT2D eigenvalue weighted by molar-refractivity contribution is 0.447. The van der Waals surface area contributed by atoms with Gasteiger partial charge in [-0.15, -0.1) is 0 Å². The number of rotatable bonds is 5. The highest BCUT2D eigenvalue weighted by Crippen LogP contribution is 2.33. The Kier molecular flexibility index (Phi) is 5.18. The van der Waals surface area contributed by atoms with Crippen LogP contribution in [-0.2, 0) is 6.42 Å². The fraction of sp³-hybridized carbons (Fsp3) is 0.474. The van der Waals surface area contributed by atoms with Crippen molar-refractivity contribution in [1.82, 2.24) is 9.97 Å². The smallest absolute Gasteiger partial charge is 0.159 e. The minimum absolute atomic E-state index is 0.521. The van der Waals surface area contributed by atoms with E-state index in [1.807, 2.05) is 0 Å². The summed E-state index contributed by atoms with van der Waals surface area (Å²) in [5, 5.41) is 3.33. The Morgan fingerprint density at radius 2 is 1.96 bits per heavy atom. The summed E-state index contributed by atoms with van der Waals surface area (Å²) in [5.74, 6) is 1.55. The van der Waals surface area contributed by atoms with E-state index in [1.165, 1.54) is 24.8 Å². The van der Waals surface area contributed by atoms with Gasteiger partial charge in [-0.1, -0.05) is 26.0 Å². The normalized spacial score (nSPS) is 17.8. The van der Waals surface area contributed by atoms with Gasteiger partial charge in [-0.25, -0.2) is 9.97 Å². The van der Waals surface area contributed by atoms with E-state index in [-0.39, 0.29) is 0 Å². The molecule has 0 amide bonds. The molecule has 3 rings (SSSR count). The molecule has 1 atom stereocenters. The van der Waals surface area contributed by atoms with Gasteiger partial charge < -0.3 is 16.0 Å². The van der Waals surface area contributed by atoms with Crippen molar-refractivity contribution in [3.63, 3.8) is 0 Å². The Balaban J connectivity index is 1.84. The number of nitrogens with two attached hydrogens (primary N) is 1. The monoisotopic (exact) mass is 325 g/mol. The third kappa shape index (κ3) is 3.45. The lowest BCUT2D eigenvalue weighted by atomic mass is 10.00. The minimum Gasteiger partial charge on any atom is -0.393 e. The maximum absolute atomic E-state index is 6.41. The van der Waals surface area contributed by atoms with Gasteiger partial charge in [0, 0.05) is 18.3 Å². The van der Waals surface area contributed by atoms with Crippen LogP contribution in [-0.4, -0.2) is 22.6 Å². The van der Waals surface area contributed by atoms with Crippen molar-refractivity contribution in [2.45, 2.75) is 52.0 Å². The second-order valence-corrected chi connectivity index (χ2v) is 6.39. The summed E-state index contributed by atoms with van der Waals surface area (Å²) in [4.78, 5) is 11.2. The molecular formula is C19H27N5. The number of nitrogen functional groups attached to an aromatic ring is 1. The van der Waals surface area contributed by atoms with Crippen LogP contribution >= 0.6 is 0 Å². The lowest BCUT2D eigenvalue weighted by Gasteiger charge is -2.36. The molecule has 0 radical (unpaired) electrons. The van der Waals surface area contributed by atoms with Crippen molar-refractivity contribution in [3.8, 4) is 0 Å². The first-order chi connectivity index (χ1) is 11.7. The molecule has 1 aliphatic rings. The van der Waals surface area contributed by atoms with E-state index in [4.69, 9.17) is 5.73 Å². The van der Waals surface area contributed by atoms with Crippen molar-refractivity contribution in [2.75, 3.05) is 22.5 Å². The first-order valence-electron chi connectivity index (χ1n) is 8.96. The van der Waals surface area contributed by atoms with E-state index in [1.54, 1.807) is 6.33 Å². The van der Waals surface area contributed by atoms with Crippen LogP contribution in [0.4, 0.5) is 23.0 Å². The van der Waals surface area contributed by atoms with Gasteiger partial charge >= 0.3 is 0 Å². The fourth-order valence-electron chi connectivity index (χ4n) is 3.38. The molecule has 2 heterocycles. The zero-order chi connectivity index (χ0) is 16.9. The molecule has 1 aliphatic heterocycles. The average Bonchev–Trinajstić information content (AvgIpc) is 2.64. The highest BCUT2D eigenvalue weighted by atomic mass is 15.2. The second-order valence-electron chi connectivity index (χ2n) is 6.39. The Morgan fingerprint density at radius 1 is 1.17 bits per heavy atom. The predicted molar refractivity (Wildman–Crippen MR) is 101 cm³/mol. The van der Waals surface area contributed by atoms with Gasteiger partial charge in [-0.2, -0.15) is 0 Å². The van der Waals surface area contributed by atoms with Gasteiger partial charge in [0.25, 0.3) is 0 Å². The molecule has 128 valence electrons. The van der Waals surface area contributed by atoms with Crippen molar-refractivity contribution in [1.29, 1.82) is 0 Å². The number of aromatic nitrogens is 2. The minimum atomic E-state index is 0.521. The summed E-state index contributed by atoms with van der Waals surface area (Å²) < 4.78 is 0.